The van der Waals surface area contributed by atoms with E-state index in [1.54, 1.807) is 36.4 Å². The molecule has 0 unspecified atom stereocenters. The number of phenolic OH excluding ortho intramolecular Hbond substituents is 1. The summed E-state index contributed by atoms with van der Waals surface area (Å²) >= 11 is 0. The summed E-state index contributed by atoms with van der Waals surface area (Å²) in [5.74, 6) is 0.169. The average Bonchev–Trinajstić information content (AvgIpc) is 2.18. The minimum atomic E-state index is 0.169. The normalized spacial score (nSPS) is 10.2. The van der Waals surface area contributed by atoms with Crippen molar-refractivity contribution in [3.8, 4) is 5.75 Å². The van der Waals surface area contributed by atoms with Gasteiger partial charge in [-0.05, 0) is 17.3 Å². The molecule has 2 aromatic carbocycles. The maximum absolute atomic E-state index is 10.4. The van der Waals surface area contributed by atoms with E-state index in [2.05, 4.69) is 5.18 Å². The van der Waals surface area contributed by atoms with Gasteiger partial charge in [-0.25, -0.2) is 0 Å². The van der Waals surface area contributed by atoms with E-state index in [4.69, 9.17) is 0 Å². The second kappa shape index (κ2) is 2.86. The summed E-state index contributed by atoms with van der Waals surface area (Å²) in [6, 6.07) is 10.1. The minimum Gasteiger partial charge on any atom is -0.507 e. The Morgan fingerprint density at radius 1 is 1.00 bits per heavy atom. The lowest BCUT2D eigenvalue weighted by atomic mass is 10.1. The molecular weight excluding hydrogens is 166 g/mol. The lowest BCUT2D eigenvalue weighted by molar-refractivity contribution is 0.481. The highest BCUT2D eigenvalue weighted by atomic mass is 16.3. The fourth-order valence-corrected chi connectivity index (χ4v) is 1.36. The third-order valence-electron chi connectivity index (χ3n) is 1.97. The van der Waals surface area contributed by atoms with Crippen LogP contribution in [0.15, 0.2) is 41.6 Å². The first kappa shape index (κ1) is 7.73. The SMILES string of the molecule is O=Nc1cccc2c(O)cccc12. The molecular formula is C10H7NO2. The number of nitroso groups, excluding NO2 is 1. The third kappa shape index (κ3) is 1.14. The summed E-state index contributed by atoms with van der Waals surface area (Å²) in [4.78, 5) is 10.4. The van der Waals surface area contributed by atoms with Gasteiger partial charge in [-0.1, -0.05) is 24.3 Å². The predicted molar refractivity (Wildman–Crippen MR) is 51.1 cm³/mol. The number of aromatic hydroxyl groups is 1. The van der Waals surface area contributed by atoms with Gasteiger partial charge in [-0.2, -0.15) is 0 Å². The maximum atomic E-state index is 10.4. The van der Waals surface area contributed by atoms with Crippen molar-refractivity contribution in [2.75, 3.05) is 0 Å². The van der Waals surface area contributed by atoms with Crippen molar-refractivity contribution in [2.45, 2.75) is 0 Å². The van der Waals surface area contributed by atoms with Gasteiger partial charge in [0.2, 0.25) is 0 Å². The molecule has 0 aromatic heterocycles. The standard InChI is InChI=1S/C10H7NO2/c12-10-6-2-3-7-8(10)4-1-5-9(7)11-13/h1-6,12H. The second-order valence-corrected chi connectivity index (χ2v) is 2.74. The Labute approximate surface area is 74.6 Å². The molecule has 64 valence electrons. The molecule has 0 saturated heterocycles. The smallest absolute Gasteiger partial charge is 0.123 e. The molecule has 0 fully saturated rings. The molecule has 0 aliphatic carbocycles. The van der Waals surface area contributed by atoms with Gasteiger partial charge in [0.25, 0.3) is 0 Å². The maximum Gasteiger partial charge on any atom is 0.123 e. The van der Waals surface area contributed by atoms with Gasteiger partial charge in [0, 0.05) is 10.8 Å². The van der Waals surface area contributed by atoms with E-state index in [-0.39, 0.29) is 5.75 Å². The number of hydrogen-bond donors (Lipinski definition) is 1. The predicted octanol–water partition coefficient (Wildman–Crippen LogP) is 2.94. The van der Waals surface area contributed by atoms with E-state index < -0.39 is 0 Å². The Morgan fingerprint density at radius 3 is 2.46 bits per heavy atom. The van der Waals surface area contributed by atoms with Gasteiger partial charge in [-0.3, -0.25) is 0 Å². The van der Waals surface area contributed by atoms with Crippen molar-refractivity contribution in [1.29, 1.82) is 0 Å². The van der Waals surface area contributed by atoms with Crippen LogP contribution in [-0.4, -0.2) is 5.11 Å². The second-order valence-electron chi connectivity index (χ2n) is 2.74. The van der Waals surface area contributed by atoms with E-state index in [1.807, 2.05) is 0 Å². The molecule has 0 aliphatic rings. The molecule has 0 aliphatic heterocycles. The van der Waals surface area contributed by atoms with Crippen LogP contribution in [0.2, 0.25) is 0 Å². The van der Waals surface area contributed by atoms with E-state index in [1.165, 1.54) is 0 Å². The number of rotatable bonds is 1. The van der Waals surface area contributed by atoms with Crippen LogP contribution in [0.5, 0.6) is 5.75 Å². The fourth-order valence-electron chi connectivity index (χ4n) is 1.36. The van der Waals surface area contributed by atoms with E-state index >= 15 is 0 Å². The number of hydrogen-bond acceptors (Lipinski definition) is 3. The van der Waals surface area contributed by atoms with Gasteiger partial charge in [0.1, 0.15) is 11.4 Å². The Hall–Kier alpha value is -1.90. The van der Waals surface area contributed by atoms with Crippen molar-refractivity contribution < 1.29 is 5.11 Å². The zero-order chi connectivity index (χ0) is 9.26. The molecule has 0 saturated carbocycles. The third-order valence-corrected chi connectivity index (χ3v) is 1.97. The highest BCUT2D eigenvalue weighted by molar-refractivity contribution is 5.96. The molecule has 3 heteroatoms. The highest BCUT2D eigenvalue weighted by Crippen LogP contribution is 2.30. The molecule has 0 radical (unpaired) electrons. The van der Waals surface area contributed by atoms with Crippen LogP contribution in [0.1, 0.15) is 0 Å². The van der Waals surface area contributed by atoms with Crippen LogP contribution in [0, 0.1) is 4.91 Å². The lowest BCUT2D eigenvalue weighted by Gasteiger charge is -2.00. The number of fused-ring (bicyclic) bond motifs is 1. The largest absolute Gasteiger partial charge is 0.507 e. The molecule has 13 heavy (non-hydrogen) atoms. The molecule has 3 nitrogen and oxygen atoms in total. The summed E-state index contributed by atoms with van der Waals surface area (Å²) in [5, 5.41) is 13.7. The topological polar surface area (TPSA) is 49.7 Å². The van der Waals surface area contributed by atoms with E-state index in [0.29, 0.717) is 16.5 Å². The zero-order valence-electron chi connectivity index (χ0n) is 6.77. The fraction of sp³-hybridized carbons (Fsp3) is 0. The van der Waals surface area contributed by atoms with E-state index in [0.717, 1.165) is 0 Å². The molecule has 1 N–H and O–H groups in total. The summed E-state index contributed by atoms with van der Waals surface area (Å²) in [7, 11) is 0. The van der Waals surface area contributed by atoms with Crippen LogP contribution in [0.4, 0.5) is 5.69 Å². The summed E-state index contributed by atoms with van der Waals surface area (Å²) < 4.78 is 0. The molecule has 0 spiro atoms. The molecule has 2 aromatic rings. The van der Waals surface area contributed by atoms with Crippen LogP contribution in [-0.2, 0) is 0 Å². The van der Waals surface area contributed by atoms with Crippen LogP contribution >= 0.6 is 0 Å². The number of phenols is 1. The van der Waals surface area contributed by atoms with Crippen molar-refractivity contribution in [3.63, 3.8) is 0 Å². The van der Waals surface area contributed by atoms with Crippen LogP contribution in [0.3, 0.4) is 0 Å². The van der Waals surface area contributed by atoms with Crippen molar-refractivity contribution >= 4 is 16.5 Å². The van der Waals surface area contributed by atoms with Crippen LogP contribution in [0.25, 0.3) is 10.8 Å². The van der Waals surface area contributed by atoms with Crippen LogP contribution < -0.4 is 0 Å². The Morgan fingerprint density at radius 2 is 1.69 bits per heavy atom. The summed E-state index contributed by atoms with van der Waals surface area (Å²) in [6.07, 6.45) is 0. The molecule has 0 bridgehead atoms. The first-order chi connectivity index (χ1) is 6.33. The first-order valence-corrected chi connectivity index (χ1v) is 3.87. The minimum absolute atomic E-state index is 0.169. The zero-order valence-corrected chi connectivity index (χ0v) is 6.77. The van der Waals surface area contributed by atoms with Crippen molar-refractivity contribution in [3.05, 3.63) is 41.3 Å². The highest BCUT2D eigenvalue weighted by Gasteiger charge is 2.02. The van der Waals surface area contributed by atoms with Crippen molar-refractivity contribution in [2.24, 2.45) is 5.18 Å². The van der Waals surface area contributed by atoms with Gasteiger partial charge < -0.3 is 5.11 Å². The van der Waals surface area contributed by atoms with Gasteiger partial charge in [0.05, 0.1) is 0 Å². The first-order valence-electron chi connectivity index (χ1n) is 3.87. The number of nitrogens with zero attached hydrogens (tertiary/aromatic N) is 1. The Bertz CT molecular complexity index is 465. The van der Waals surface area contributed by atoms with Gasteiger partial charge >= 0.3 is 0 Å². The quantitative estimate of drug-likeness (QED) is 0.674. The Kier molecular flexibility index (Phi) is 1.70. The van der Waals surface area contributed by atoms with Gasteiger partial charge in [-0.15, -0.1) is 4.91 Å². The molecule has 0 atom stereocenters. The summed E-state index contributed by atoms with van der Waals surface area (Å²) in [5.41, 5.74) is 0.355. The number of benzene rings is 2. The average molecular weight is 173 g/mol. The van der Waals surface area contributed by atoms with Gasteiger partial charge in [0.15, 0.2) is 0 Å². The van der Waals surface area contributed by atoms with Crippen molar-refractivity contribution in [1.82, 2.24) is 0 Å². The molecule has 2 rings (SSSR count). The molecule has 0 heterocycles. The monoisotopic (exact) mass is 173 g/mol. The lowest BCUT2D eigenvalue weighted by Crippen LogP contribution is -1.73. The van der Waals surface area contributed by atoms with E-state index in [9.17, 15) is 10.0 Å². The Balaban J connectivity index is 2.92. The molecule has 0 amide bonds. The summed E-state index contributed by atoms with van der Waals surface area (Å²) in [6.45, 7) is 0.